The molecule has 0 aromatic carbocycles. The van der Waals surface area contributed by atoms with Crippen molar-refractivity contribution in [3.63, 3.8) is 0 Å². The van der Waals surface area contributed by atoms with E-state index < -0.39 is 10.2 Å². The monoisotopic (exact) mass is 237 g/mol. The number of hydrogen-bond donors (Lipinski definition) is 2. The number of rotatable bonds is 4. The molecule has 5 nitrogen and oxygen atoms in total. The Morgan fingerprint density at radius 2 is 1.93 bits per heavy atom. The molecular weight excluding hydrogens is 222 g/mol. The molecule has 0 spiro atoms. The highest BCUT2D eigenvalue weighted by atomic mass is 32.2. The van der Waals surface area contributed by atoms with Gasteiger partial charge in [0.15, 0.2) is 0 Å². The smallest absolute Gasteiger partial charge is 0.279 e. The molecule has 0 aromatic heterocycles. The standard InChI is InChI=1S/C7H15N3O2S2/c8-7(13)6-9-14(11,12)10-4-2-1-3-5-10/h9H,1-6H2,(H2,8,13). The normalized spacial score (nSPS) is 19.4. The molecule has 0 unspecified atom stereocenters. The zero-order valence-electron chi connectivity index (χ0n) is 7.90. The van der Waals surface area contributed by atoms with Crippen LogP contribution in [0, 0.1) is 0 Å². The van der Waals surface area contributed by atoms with Crippen LogP contribution in [0.4, 0.5) is 0 Å². The number of piperidine rings is 1. The third-order valence-corrected chi connectivity index (χ3v) is 3.78. The lowest BCUT2D eigenvalue weighted by Gasteiger charge is -2.25. The summed E-state index contributed by atoms with van der Waals surface area (Å²) in [6, 6.07) is 0. The van der Waals surface area contributed by atoms with Crippen LogP contribution in [0.2, 0.25) is 0 Å². The summed E-state index contributed by atoms with van der Waals surface area (Å²) in [4.78, 5) is 0.158. The average molecular weight is 237 g/mol. The van der Waals surface area contributed by atoms with E-state index in [2.05, 4.69) is 16.9 Å². The first-order valence-corrected chi connectivity index (χ1v) is 6.40. The summed E-state index contributed by atoms with van der Waals surface area (Å²) in [5.41, 5.74) is 5.22. The van der Waals surface area contributed by atoms with Gasteiger partial charge in [0.25, 0.3) is 10.2 Å². The number of thiocarbonyl (C=S) groups is 1. The SMILES string of the molecule is NC(=S)CNS(=O)(=O)N1CCCCC1. The van der Waals surface area contributed by atoms with E-state index in [1.165, 1.54) is 4.31 Å². The second-order valence-corrected chi connectivity index (χ2v) is 5.53. The maximum absolute atomic E-state index is 11.6. The first kappa shape index (κ1) is 11.8. The van der Waals surface area contributed by atoms with Gasteiger partial charge in [0.1, 0.15) is 0 Å². The van der Waals surface area contributed by atoms with Crippen LogP contribution in [0.25, 0.3) is 0 Å². The summed E-state index contributed by atoms with van der Waals surface area (Å²) in [6.45, 7) is 1.22. The molecule has 0 radical (unpaired) electrons. The van der Waals surface area contributed by atoms with Crippen molar-refractivity contribution in [1.29, 1.82) is 0 Å². The number of nitrogens with zero attached hydrogens (tertiary/aromatic N) is 1. The molecule has 0 aliphatic carbocycles. The van der Waals surface area contributed by atoms with Gasteiger partial charge in [-0.3, -0.25) is 0 Å². The van der Waals surface area contributed by atoms with Crippen LogP contribution in [0.5, 0.6) is 0 Å². The molecule has 0 amide bonds. The summed E-state index contributed by atoms with van der Waals surface area (Å²) in [5.74, 6) is 0. The molecule has 1 aliphatic rings. The number of hydrogen-bond acceptors (Lipinski definition) is 3. The van der Waals surface area contributed by atoms with Crippen LogP contribution in [0.1, 0.15) is 19.3 Å². The maximum atomic E-state index is 11.6. The zero-order chi connectivity index (χ0) is 10.6. The Balaban J connectivity index is 2.50. The fraction of sp³-hybridized carbons (Fsp3) is 0.857. The van der Waals surface area contributed by atoms with Crippen LogP contribution < -0.4 is 10.5 Å². The van der Waals surface area contributed by atoms with Gasteiger partial charge in [0.05, 0.1) is 11.5 Å². The van der Waals surface area contributed by atoms with E-state index in [0.717, 1.165) is 19.3 Å². The van der Waals surface area contributed by atoms with E-state index >= 15 is 0 Å². The fourth-order valence-corrected chi connectivity index (χ4v) is 2.78. The molecule has 1 saturated heterocycles. The minimum atomic E-state index is -3.36. The largest absolute Gasteiger partial charge is 0.392 e. The minimum Gasteiger partial charge on any atom is -0.392 e. The van der Waals surface area contributed by atoms with Gasteiger partial charge >= 0.3 is 0 Å². The number of nitrogens with two attached hydrogens (primary N) is 1. The van der Waals surface area contributed by atoms with E-state index in [-0.39, 0.29) is 11.5 Å². The van der Waals surface area contributed by atoms with Crippen molar-refractivity contribution < 1.29 is 8.42 Å². The lowest BCUT2D eigenvalue weighted by Crippen LogP contribution is -2.45. The lowest BCUT2D eigenvalue weighted by molar-refractivity contribution is 0.343. The molecule has 0 bridgehead atoms. The molecular formula is C7H15N3O2S2. The Morgan fingerprint density at radius 3 is 2.43 bits per heavy atom. The molecule has 1 heterocycles. The second kappa shape index (κ2) is 5.01. The number of nitrogens with one attached hydrogen (secondary N) is 1. The molecule has 1 rings (SSSR count). The predicted octanol–water partition coefficient (Wildman–Crippen LogP) is -0.407. The van der Waals surface area contributed by atoms with Crippen molar-refractivity contribution in [2.75, 3.05) is 19.6 Å². The van der Waals surface area contributed by atoms with Crippen LogP contribution >= 0.6 is 12.2 Å². The van der Waals surface area contributed by atoms with E-state index in [9.17, 15) is 8.42 Å². The van der Waals surface area contributed by atoms with E-state index in [4.69, 9.17) is 5.73 Å². The summed E-state index contributed by atoms with van der Waals surface area (Å²) in [5, 5.41) is 0. The molecule has 0 saturated carbocycles. The van der Waals surface area contributed by atoms with E-state index in [0.29, 0.717) is 13.1 Å². The van der Waals surface area contributed by atoms with Gasteiger partial charge in [0.2, 0.25) is 0 Å². The summed E-state index contributed by atoms with van der Waals surface area (Å²) in [6.07, 6.45) is 2.95. The molecule has 0 aromatic rings. The second-order valence-electron chi connectivity index (χ2n) is 3.25. The van der Waals surface area contributed by atoms with Crippen LogP contribution in [-0.2, 0) is 10.2 Å². The zero-order valence-corrected chi connectivity index (χ0v) is 9.53. The minimum absolute atomic E-state index is 0.0359. The van der Waals surface area contributed by atoms with Crippen LogP contribution in [0.15, 0.2) is 0 Å². The Morgan fingerprint density at radius 1 is 1.36 bits per heavy atom. The van der Waals surface area contributed by atoms with Gasteiger partial charge in [-0.25, -0.2) is 0 Å². The van der Waals surface area contributed by atoms with Crippen molar-refractivity contribution >= 4 is 27.4 Å². The van der Waals surface area contributed by atoms with Crippen molar-refractivity contribution in [2.24, 2.45) is 5.73 Å². The summed E-state index contributed by atoms with van der Waals surface area (Å²) >= 11 is 4.60. The van der Waals surface area contributed by atoms with Crippen molar-refractivity contribution in [3.8, 4) is 0 Å². The van der Waals surface area contributed by atoms with Gasteiger partial charge in [0, 0.05) is 13.1 Å². The Hall–Kier alpha value is -0.240. The Kier molecular flexibility index (Phi) is 4.24. The van der Waals surface area contributed by atoms with Crippen LogP contribution in [0.3, 0.4) is 0 Å². The van der Waals surface area contributed by atoms with Crippen molar-refractivity contribution in [1.82, 2.24) is 9.03 Å². The highest BCUT2D eigenvalue weighted by molar-refractivity contribution is 7.87. The highest BCUT2D eigenvalue weighted by Crippen LogP contribution is 2.11. The quantitative estimate of drug-likeness (QED) is 0.652. The molecule has 1 fully saturated rings. The lowest BCUT2D eigenvalue weighted by atomic mass is 10.2. The third kappa shape index (κ3) is 3.49. The highest BCUT2D eigenvalue weighted by Gasteiger charge is 2.22. The van der Waals surface area contributed by atoms with Gasteiger partial charge in [-0.2, -0.15) is 17.4 Å². The van der Waals surface area contributed by atoms with Gasteiger partial charge < -0.3 is 5.73 Å². The van der Waals surface area contributed by atoms with Gasteiger partial charge in [-0.05, 0) is 12.8 Å². The maximum Gasteiger partial charge on any atom is 0.279 e. The molecule has 7 heteroatoms. The van der Waals surface area contributed by atoms with Crippen molar-refractivity contribution in [3.05, 3.63) is 0 Å². The van der Waals surface area contributed by atoms with E-state index in [1.54, 1.807) is 0 Å². The molecule has 1 aliphatic heterocycles. The molecule has 3 N–H and O–H groups in total. The predicted molar refractivity (Wildman–Crippen MR) is 59.1 cm³/mol. The first-order valence-electron chi connectivity index (χ1n) is 4.55. The Labute approximate surface area is 89.8 Å². The average Bonchev–Trinajstić information content (AvgIpc) is 2.16. The van der Waals surface area contributed by atoms with Crippen molar-refractivity contribution in [2.45, 2.75) is 19.3 Å². The fourth-order valence-electron chi connectivity index (χ4n) is 1.36. The van der Waals surface area contributed by atoms with E-state index in [1.807, 2.05) is 0 Å². The third-order valence-electron chi connectivity index (χ3n) is 2.08. The topological polar surface area (TPSA) is 75.4 Å². The van der Waals surface area contributed by atoms with Gasteiger partial charge in [-0.1, -0.05) is 18.6 Å². The Bertz CT molecular complexity index is 296. The molecule has 0 atom stereocenters. The van der Waals surface area contributed by atoms with Crippen LogP contribution in [-0.4, -0.2) is 37.3 Å². The molecule has 82 valence electrons. The molecule has 14 heavy (non-hydrogen) atoms. The summed E-state index contributed by atoms with van der Waals surface area (Å²) < 4.78 is 27.0. The first-order chi connectivity index (χ1) is 6.52. The summed E-state index contributed by atoms with van der Waals surface area (Å²) in [7, 11) is -3.36. The van der Waals surface area contributed by atoms with Gasteiger partial charge in [-0.15, -0.1) is 0 Å².